The van der Waals surface area contributed by atoms with Crippen LogP contribution in [-0.4, -0.2) is 15.5 Å². The Morgan fingerprint density at radius 1 is 1.29 bits per heavy atom. The Labute approximate surface area is 144 Å². The van der Waals surface area contributed by atoms with Gasteiger partial charge in [0, 0.05) is 12.2 Å². The summed E-state index contributed by atoms with van der Waals surface area (Å²) in [5.41, 5.74) is 2.49. The van der Waals surface area contributed by atoms with Crippen molar-refractivity contribution >= 4 is 33.1 Å². The first-order valence-electron chi connectivity index (χ1n) is 7.94. The number of nitrogens with one attached hydrogen (secondary N) is 1. The van der Waals surface area contributed by atoms with Gasteiger partial charge in [-0.05, 0) is 37.5 Å². The monoisotopic (exact) mass is 341 g/mol. The first kappa shape index (κ1) is 16.4. The maximum atomic E-state index is 12.7. The number of thiophene rings is 1. The summed E-state index contributed by atoms with van der Waals surface area (Å²) >= 11 is 1.26. The van der Waals surface area contributed by atoms with Crippen LogP contribution in [0.25, 0.3) is 10.2 Å². The fraction of sp³-hybridized carbons (Fsp3) is 0.278. The van der Waals surface area contributed by atoms with Gasteiger partial charge in [0.1, 0.15) is 4.83 Å². The fourth-order valence-corrected chi connectivity index (χ4v) is 3.77. The zero-order chi connectivity index (χ0) is 17.3. The number of rotatable bonds is 4. The molecule has 0 unspecified atom stereocenters. The van der Waals surface area contributed by atoms with E-state index in [9.17, 15) is 9.59 Å². The van der Waals surface area contributed by atoms with Gasteiger partial charge >= 0.3 is 0 Å². The average molecular weight is 341 g/mol. The van der Waals surface area contributed by atoms with Crippen molar-refractivity contribution in [2.45, 2.75) is 33.7 Å². The van der Waals surface area contributed by atoms with Gasteiger partial charge in [0.05, 0.1) is 16.6 Å². The lowest BCUT2D eigenvalue weighted by atomic mass is 10.1. The van der Waals surface area contributed by atoms with Crippen LogP contribution in [0.5, 0.6) is 0 Å². The van der Waals surface area contributed by atoms with Crippen molar-refractivity contribution in [1.29, 1.82) is 0 Å². The molecule has 5 nitrogen and oxygen atoms in total. The van der Waals surface area contributed by atoms with Crippen molar-refractivity contribution in [3.8, 4) is 0 Å². The Balaban J connectivity index is 2.03. The minimum Gasteiger partial charge on any atom is -0.321 e. The first-order valence-corrected chi connectivity index (χ1v) is 8.76. The summed E-state index contributed by atoms with van der Waals surface area (Å²) in [4.78, 5) is 30.6. The number of fused-ring (bicyclic) bond motifs is 1. The van der Waals surface area contributed by atoms with Crippen molar-refractivity contribution in [2.75, 3.05) is 5.32 Å². The van der Waals surface area contributed by atoms with E-state index in [2.05, 4.69) is 10.3 Å². The Morgan fingerprint density at radius 2 is 2.04 bits per heavy atom. The number of para-hydroxylation sites is 1. The highest BCUT2D eigenvalue weighted by atomic mass is 32.1. The van der Waals surface area contributed by atoms with Gasteiger partial charge in [-0.15, -0.1) is 11.3 Å². The summed E-state index contributed by atoms with van der Waals surface area (Å²) in [5.74, 6) is -0.196. The number of benzene rings is 1. The van der Waals surface area contributed by atoms with Crippen LogP contribution < -0.4 is 10.9 Å². The summed E-state index contributed by atoms with van der Waals surface area (Å²) in [5, 5.41) is 3.50. The summed E-state index contributed by atoms with van der Waals surface area (Å²) in [6.45, 7) is 6.31. The van der Waals surface area contributed by atoms with Gasteiger partial charge < -0.3 is 5.32 Å². The van der Waals surface area contributed by atoms with Crippen LogP contribution in [-0.2, 0) is 13.0 Å². The first-order chi connectivity index (χ1) is 11.6. The lowest BCUT2D eigenvalue weighted by Crippen LogP contribution is -2.19. The Bertz CT molecular complexity index is 972. The van der Waals surface area contributed by atoms with Gasteiger partial charge in [-0.3, -0.25) is 14.2 Å². The second kappa shape index (κ2) is 6.57. The van der Waals surface area contributed by atoms with E-state index in [4.69, 9.17) is 0 Å². The van der Waals surface area contributed by atoms with Gasteiger partial charge in [0.15, 0.2) is 0 Å². The molecule has 6 heteroatoms. The number of amides is 1. The molecule has 0 aliphatic heterocycles. The SMILES string of the molecule is CCc1ccccc1NC(=O)c1sc2ncn(CC)c(=O)c2c1C. The number of carbonyl (C=O) groups is 1. The zero-order valence-electron chi connectivity index (χ0n) is 13.9. The maximum absolute atomic E-state index is 12.7. The van der Waals surface area contributed by atoms with E-state index in [0.717, 1.165) is 17.7 Å². The number of hydrogen-bond donors (Lipinski definition) is 1. The molecule has 0 radical (unpaired) electrons. The lowest BCUT2D eigenvalue weighted by molar-refractivity contribution is 0.103. The van der Waals surface area contributed by atoms with Gasteiger partial charge in [-0.25, -0.2) is 4.98 Å². The fourth-order valence-electron chi connectivity index (χ4n) is 2.73. The molecule has 2 aromatic heterocycles. The summed E-state index contributed by atoms with van der Waals surface area (Å²) in [6.07, 6.45) is 2.37. The molecule has 124 valence electrons. The zero-order valence-corrected chi connectivity index (χ0v) is 14.7. The summed E-state index contributed by atoms with van der Waals surface area (Å²) in [6, 6.07) is 7.74. The number of hydrogen-bond acceptors (Lipinski definition) is 4. The minimum absolute atomic E-state index is 0.0933. The van der Waals surface area contributed by atoms with Crippen LogP contribution in [0.1, 0.15) is 34.6 Å². The van der Waals surface area contributed by atoms with Crippen molar-refractivity contribution in [3.05, 3.63) is 57.0 Å². The van der Waals surface area contributed by atoms with Crippen LogP contribution >= 0.6 is 11.3 Å². The predicted octanol–water partition coefficient (Wildman–Crippen LogP) is 3.60. The molecule has 0 atom stereocenters. The molecular formula is C18H19N3O2S. The lowest BCUT2D eigenvalue weighted by Gasteiger charge is -2.09. The molecule has 0 aliphatic carbocycles. The van der Waals surface area contributed by atoms with E-state index in [1.807, 2.05) is 45.0 Å². The molecule has 0 saturated heterocycles. The standard InChI is InChI=1S/C18H19N3O2S/c1-4-12-8-6-7-9-13(12)20-16(22)15-11(3)14-17(24-15)19-10-21(5-2)18(14)23/h6-10H,4-5H2,1-3H3,(H,20,22). The maximum Gasteiger partial charge on any atom is 0.266 e. The van der Waals surface area contributed by atoms with Crippen LogP contribution in [0, 0.1) is 6.92 Å². The van der Waals surface area contributed by atoms with Crippen molar-refractivity contribution in [3.63, 3.8) is 0 Å². The normalized spacial score (nSPS) is 11.0. The summed E-state index contributed by atoms with van der Waals surface area (Å²) < 4.78 is 1.55. The number of anilines is 1. The highest BCUT2D eigenvalue weighted by molar-refractivity contribution is 7.20. The highest BCUT2D eigenvalue weighted by Crippen LogP contribution is 2.28. The number of nitrogens with zero attached hydrogens (tertiary/aromatic N) is 2. The quantitative estimate of drug-likeness (QED) is 0.788. The van der Waals surface area contributed by atoms with Crippen LogP contribution in [0.3, 0.4) is 0 Å². The molecule has 0 saturated carbocycles. The highest BCUT2D eigenvalue weighted by Gasteiger charge is 2.19. The molecular weight excluding hydrogens is 322 g/mol. The van der Waals surface area contributed by atoms with E-state index in [0.29, 0.717) is 27.2 Å². The van der Waals surface area contributed by atoms with Crippen LogP contribution in [0.4, 0.5) is 5.69 Å². The molecule has 0 bridgehead atoms. The molecule has 0 aliphatic rings. The third kappa shape index (κ3) is 2.73. The minimum atomic E-state index is -0.196. The third-order valence-electron chi connectivity index (χ3n) is 4.11. The van der Waals surface area contributed by atoms with Crippen LogP contribution in [0.15, 0.2) is 35.4 Å². The van der Waals surface area contributed by atoms with Gasteiger partial charge in [0.25, 0.3) is 11.5 Å². The predicted molar refractivity (Wildman–Crippen MR) is 98.1 cm³/mol. The number of aryl methyl sites for hydroxylation is 3. The van der Waals surface area contributed by atoms with E-state index in [1.54, 1.807) is 4.57 Å². The van der Waals surface area contributed by atoms with E-state index in [-0.39, 0.29) is 11.5 Å². The van der Waals surface area contributed by atoms with E-state index < -0.39 is 0 Å². The van der Waals surface area contributed by atoms with Crippen molar-refractivity contribution < 1.29 is 4.79 Å². The smallest absolute Gasteiger partial charge is 0.266 e. The molecule has 1 aromatic carbocycles. The van der Waals surface area contributed by atoms with Crippen molar-refractivity contribution in [2.24, 2.45) is 0 Å². The largest absolute Gasteiger partial charge is 0.321 e. The molecule has 24 heavy (non-hydrogen) atoms. The third-order valence-corrected chi connectivity index (χ3v) is 5.31. The molecule has 1 amide bonds. The molecule has 3 aromatic rings. The van der Waals surface area contributed by atoms with Gasteiger partial charge in [-0.1, -0.05) is 25.1 Å². The molecule has 2 heterocycles. The van der Waals surface area contributed by atoms with Crippen LogP contribution in [0.2, 0.25) is 0 Å². The molecule has 0 fully saturated rings. The number of aromatic nitrogens is 2. The molecule has 0 spiro atoms. The molecule has 3 rings (SSSR count). The van der Waals surface area contributed by atoms with E-state index >= 15 is 0 Å². The van der Waals surface area contributed by atoms with Gasteiger partial charge in [-0.2, -0.15) is 0 Å². The van der Waals surface area contributed by atoms with Gasteiger partial charge in [0.2, 0.25) is 0 Å². The van der Waals surface area contributed by atoms with E-state index in [1.165, 1.54) is 17.7 Å². The average Bonchev–Trinajstić information content (AvgIpc) is 2.93. The van der Waals surface area contributed by atoms with Crippen molar-refractivity contribution in [1.82, 2.24) is 9.55 Å². The Kier molecular flexibility index (Phi) is 4.49. The number of carbonyl (C=O) groups excluding carboxylic acids is 1. The Morgan fingerprint density at radius 3 is 2.75 bits per heavy atom. The Hall–Kier alpha value is -2.47. The topological polar surface area (TPSA) is 64.0 Å². The summed E-state index contributed by atoms with van der Waals surface area (Å²) in [7, 11) is 0. The second-order valence-corrected chi connectivity index (χ2v) is 6.54. The second-order valence-electron chi connectivity index (χ2n) is 5.54. The molecule has 1 N–H and O–H groups in total.